The van der Waals surface area contributed by atoms with Crippen LogP contribution in [0, 0.1) is 13.8 Å². The number of H-pyrrole nitrogens is 1. The molecule has 8 nitrogen and oxygen atoms in total. The molecule has 8 heteroatoms. The highest BCUT2D eigenvalue weighted by Gasteiger charge is 2.28. The number of nitrogens with zero attached hydrogens (tertiary/aromatic N) is 2. The number of aromatic nitrogens is 3. The second-order valence-corrected chi connectivity index (χ2v) is 6.99. The van der Waals surface area contributed by atoms with Crippen LogP contribution in [0.4, 0.5) is 0 Å². The van der Waals surface area contributed by atoms with Crippen LogP contribution in [0.3, 0.4) is 0 Å². The van der Waals surface area contributed by atoms with E-state index in [1.165, 1.54) is 4.57 Å². The molecule has 0 atom stereocenters. The van der Waals surface area contributed by atoms with Gasteiger partial charge >= 0.3 is 5.69 Å². The van der Waals surface area contributed by atoms with Crippen LogP contribution in [0.5, 0.6) is 11.5 Å². The Hall–Kier alpha value is -3.55. The fourth-order valence-electron chi connectivity index (χ4n) is 3.56. The van der Waals surface area contributed by atoms with E-state index in [1.807, 2.05) is 26.0 Å². The number of primary amides is 1. The molecule has 152 valence electrons. The zero-order valence-electron chi connectivity index (χ0n) is 16.6. The number of carbonyl (C=O) groups is 1. The van der Waals surface area contributed by atoms with Crippen LogP contribution in [-0.4, -0.2) is 30.9 Å². The molecule has 0 fully saturated rings. The van der Waals surface area contributed by atoms with Crippen molar-refractivity contribution in [3.05, 3.63) is 57.0 Å². The largest absolute Gasteiger partial charge is 0.507 e. The summed E-state index contributed by atoms with van der Waals surface area (Å²) in [6, 6.07) is 7.25. The van der Waals surface area contributed by atoms with Gasteiger partial charge in [-0.1, -0.05) is 31.5 Å². The Morgan fingerprint density at radius 3 is 2.52 bits per heavy atom. The molecule has 0 spiro atoms. The van der Waals surface area contributed by atoms with Crippen molar-refractivity contribution in [2.45, 2.75) is 40.0 Å². The summed E-state index contributed by atoms with van der Waals surface area (Å²) in [6.07, 6.45) is 1.86. The molecule has 0 unspecified atom stereocenters. The topological polar surface area (TPSA) is 134 Å². The van der Waals surface area contributed by atoms with Gasteiger partial charge in [0.2, 0.25) is 0 Å². The number of rotatable bonds is 6. The predicted molar refractivity (Wildman–Crippen MR) is 110 cm³/mol. The van der Waals surface area contributed by atoms with Gasteiger partial charge in [-0.2, -0.15) is 5.10 Å². The Morgan fingerprint density at radius 1 is 1.21 bits per heavy atom. The monoisotopic (exact) mass is 396 g/mol. The Morgan fingerprint density at radius 2 is 1.90 bits per heavy atom. The number of carbonyl (C=O) groups excluding carboxylic acids is 1. The molecule has 0 aliphatic rings. The van der Waals surface area contributed by atoms with Crippen LogP contribution in [-0.2, 0) is 6.42 Å². The minimum atomic E-state index is -0.820. The van der Waals surface area contributed by atoms with Gasteiger partial charge in [-0.3, -0.25) is 4.79 Å². The molecule has 2 aromatic carbocycles. The highest BCUT2D eigenvalue weighted by Crippen LogP contribution is 2.43. The van der Waals surface area contributed by atoms with Crippen LogP contribution < -0.4 is 11.4 Å². The molecule has 1 aromatic heterocycles. The smallest absolute Gasteiger partial charge is 0.348 e. The zero-order chi connectivity index (χ0) is 21.3. The minimum absolute atomic E-state index is 0.0873. The molecule has 0 bridgehead atoms. The van der Waals surface area contributed by atoms with Gasteiger partial charge in [-0.25, -0.2) is 14.5 Å². The fourth-order valence-corrected chi connectivity index (χ4v) is 3.56. The van der Waals surface area contributed by atoms with Crippen molar-refractivity contribution in [3.8, 4) is 28.6 Å². The van der Waals surface area contributed by atoms with Gasteiger partial charge < -0.3 is 15.9 Å². The van der Waals surface area contributed by atoms with Crippen molar-refractivity contribution in [2.75, 3.05) is 0 Å². The zero-order valence-corrected chi connectivity index (χ0v) is 16.6. The molecular weight excluding hydrogens is 372 g/mol. The molecule has 0 saturated carbocycles. The summed E-state index contributed by atoms with van der Waals surface area (Å²) in [5.41, 5.74) is 7.00. The van der Waals surface area contributed by atoms with Crippen LogP contribution in [0.25, 0.3) is 17.1 Å². The maximum atomic E-state index is 12.6. The first-order valence-electron chi connectivity index (χ1n) is 9.40. The minimum Gasteiger partial charge on any atom is -0.507 e. The van der Waals surface area contributed by atoms with Crippen molar-refractivity contribution < 1.29 is 15.0 Å². The number of nitrogens with one attached hydrogen (secondary N) is 1. The number of phenolic OH excluding ortho intramolecular Hbond substituents is 1. The van der Waals surface area contributed by atoms with Gasteiger partial charge in [0.15, 0.2) is 5.82 Å². The van der Waals surface area contributed by atoms with Gasteiger partial charge in [0.1, 0.15) is 11.5 Å². The van der Waals surface area contributed by atoms with Gasteiger partial charge in [-0.05, 0) is 43.9 Å². The molecule has 3 aromatic rings. The number of hydrogen-bond donors (Lipinski definition) is 4. The molecule has 29 heavy (non-hydrogen) atoms. The molecule has 3 rings (SSSR count). The van der Waals surface area contributed by atoms with E-state index in [9.17, 15) is 19.8 Å². The van der Waals surface area contributed by atoms with Gasteiger partial charge in [0.05, 0.1) is 16.8 Å². The third-order valence-electron chi connectivity index (χ3n) is 5.07. The first-order chi connectivity index (χ1) is 13.8. The Kier molecular flexibility index (Phi) is 5.45. The average molecular weight is 396 g/mol. The number of para-hydroxylation sites is 1. The first-order valence-corrected chi connectivity index (χ1v) is 9.40. The highest BCUT2D eigenvalue weighted by molar-refractivity contribution is 6.00. The van der Waals surface area contributed by atoms with Crippen molar-refractivity contribution in [1.82, 2.24) is 14.8 Å². The number of benzene rings is 2. The van der Waals surface area contributed by atoms with E-state index in [0.717, 1.165) is 12.0 Å². The quantitative estimate of drug-likeness (QED) is 0.508. The van der Waals surface area contributed by atoms with E-state index in [0.29, 0.717) is 18.5 Å². The van der Waals surface area contributed by atoms with E-state index in [1.54, 1.807) is 19.1 Å². The molecule has 0 aliphatic heterocycles. The molecule has 0 aliphatic carbocycles. The molecular formula is C21H24N4O4. The molecule has 0 radical (unpaired) electrons. The van der Waals surface area contributed by atoms with Gasteiger partial charge in [-0.15, -0.1) is 0 Å². The summed E-state index contributed by atoms with van der Waals surface area (Å²) >= 11 is 0. The third-order valence-corrected chi connectivity index (χ3v) is 5.07. The normalized spacial score (nSPS) is 11.0. The van der Waals surface area contributed by atoms with E-state index >= 15 is 0 Å². The maximum absolute atomic E-state index is 12.6. The van der Waals surface area contributed by atoms with Crippen LogP contribution in [0.15, 0.2) is 29.1 Å². The molecule has 5 N–H and O–H groups in total. The van der Waals surface area contributed by atoms with Crippen LogP contribution in [0.1, 0.15) is 46.8 Å². The van der Waals surface area contributed by atoms with Gasteiger partial charge in [0, 0.05) is 5.56 Å². The highest BCUT2D eigenvalue weighted by atomic mass is 16.3. The Balaban J connectivity index is 2.39. The summed E-state index contributed by atoms with van der Waals surface area (Å²) in [5.74, 6) is -1.23. The second kappa shape index (κ2) is 7.83. The van der Waals surface area contributed by atoms with E-state index in [2.05, 4.69) is 10.2 Å². The van der Waals surface area contributed by atoms with Crippen molar-refractivity contribution in [2.24, 2.45) is 5.73 Å². The lowest BCUT2D eigenvalue weighted by Crippen LogP contribution is -2.18. The maximum Gasteiger partial charge on any atom is 0.348 e. The van der Waals surface area contributed by atoms with E-state index in [-0.39, 0.29) is 39.6 Å². The number of phenols is 2. The lowest BCUT2D eigenvalue weighted by molar-refractivity contribution is 0.0997. The lowest BCUT2D eigenvalue weighted by Gasteiger charge is -2.18. The van der Waals surface area contributed by atoms with Gasteiger partial charge in [0.25, 0.3) is 5.91 Å². The SMILES string of the molecule is CCCCc1c(O)c(C(N)=O)c(C)c(-c2n[nH]c(=O)n2-c2ccccc2C)c1O. The number of aryl methyl sites for hydroxylation is 1. The van der Waals surface area contributed by atoms with Crippen molar-refractivity contribution >= 4 is 5.91 Å². The molecule has 1 heterocycles. The summed E-state index contributed by atoms with van der Waals surface area (Å²) in [5, 5.41) is 28.1. The van der Waals surface area contributed by atoms with Crippen LogP contribution in [0.2, 0.25) is 0 Å². The summed E-state index contributed by atoms with van der Waals surface area (Å²) in [6.45, 7) is 5.38. The number of nitrogens with two attached hydrogens (primary N) is 1. The average Bonchev–Trinajstić information content (AvgIpc) is 3.03. The summed E-state index contributed by atoms with van der Waals surface area (Å²) in [7, 11) is 0. The fraction of sp³-hybridized carbons (Fsp3) is 0.286. The number of aromatic amines is 1. The van der Waals surface area contributed by atoms with E-state index < -0.39 is 11.6 Å². The number of hydrogen-bond acceptors (Lipinski definition) is 5. The van der Waals surface area contributed by atoms with Crippen molar-refractivity contribution in [3.63, 3.8) is 0 Å². The number of unbranched alkanes of at least 4 members (excludes halogenated alkanes) is 1. The van der Waals surface area contributed by atoms with E-state index in [4.69, 9.17) is 5.73 Å². The Labute approximate surface area is 167 Å². The second-order valence-electron chi connectivity index (χ2n) is 6.99. The summed E-state index contributed by atoms with van der Waals surface area (Å²) < 4.78 is 1.34. The Bertz CT molecular complexity index is 1140. The third kappa shape index (κ3) is 3.37. The summed E-state index contributed by atoms with van der Waals surface area (Å²) in [4.78, 5) is 24.6. The molecule has 1 amide bonds. The molecule has 0 saturated heterocycles. The van der Waals surface area contributed by atoms with Crippen molar-refractivity contribution in [1.29, 1.82) is 0 Å². The first kappa shape index (κ1) is 20.2. The van der Waals surface area contributed by atoms with Crippen LogP contribution >= 0.6 is 0 Å². The lowest BCUT2D eigenvalue weighted by atomic mass is 9.92. The predicted octanol–water partition coefficient (Wildman–Crippen LogP) is 2.70. The standard InChI is InChI=1S/C21H24N4O4/c1-4-5-9-13-17(26)15(19(22)28)12(3)16(18(13)27)20-23-24-21(29)25(20)14-10-7-6-8-11(14)2/h6-8,10,26-27H,4-5,9H2,1-3H3,(H2,22,28)(H,24,29). The number of aromatic hydroxyl groups is 2. The number of amides is 1.